The summed E-state index contributed by atoms with van der Waals surface area (Å²) in [6, 6.07) is 5.36. The molecular formula is C13H17NO6S. The van der Waals surface area contributed by atoms with Gasteiger partial charge in [0.05, 0.1) is 11.5 Å². The first-order valence-corrected chi connectivity index (χ1v) is 7.95. The smallest absolute Gasteiger partial charge is 0.323 e. The van der Waals surface area contributed by atoms with Gasteiger partial charge in [0.2, 0.25) is 0 Å². The lowest BCUT2D eigenvalue weighted by molar-refractivity contribution is -0.137. The van der Waals surface area contributed by atoms with E-state index in [4.69, 9.17) is 9.84 Å². The second-order valence-electron chi connectivity index (χ2n) is 4.41. The van der Waals surface area contributed by atoms with Crippen LogP contribution in [0.25, 0.3) is 0 Å². The summed E-state index contributed by atoms with van der Waals surface area (Å²) in [4.78, 5) is 24.2. The predicted molar refractivity (Wildman–Crippen MR) is 75.0 cm³/mol. The Morgan fingerprint density at radius 1 is 1.24 bits per heavy atom. The average molecular weight is 315 g/mol. The number of hydrogen-bond acceptors (Lipinski definition) is 5. The number of ether oxygens (including phenoxy) is 1. The maximum Gasteiger partial charge on any atom is 0.323 e. The van der Waals surface area contributed by atoms with E-state index in [0.717, 1.165) is 11.2 Å². The molecule has 1 amide bonds. The van der Waals surface area contributed by atoms with Crippen LogP contribution in [0.2, 0.25) is 0 Å². The lowest BCUT2D eigenvalue weighted by Crippen LogP contribution is -2.38. The largest absolute Gasteiger partial charge is 0.480 e. The monoisotopic (exact) mass is 315 g/mol. The summed E-state index contributed by atoms with van der Waals surface area (Å²) in [7, 11) is -1.89. The zero-order chi connectivity index (χ0) is 16.0. The number of amides is 1. The van der Waals surface area contributed by atoms with Gasteiger partial charge in [0.1, 0.15) is 6.54 Å². The van der Waals surface area contributed by atoms with Crippen molar-refractivity contribution in [1.29, 1.82) is 0 Å². The molecule has 0 aromatic heterocycles. The van der Waals surface area contributed by atoms with Crippen LogP contribution in [0.4, 0.5) is 0 Å². The Balaban J connectivity index is 2.95. The van der Waals surface area contributed by atoms with E-state index < -0.39 is 28.3 Å². The maximum absolute atomic E-state index is 12.2. The number of nitrogens with zero attached hydrogens (tertiary/aromatic N) is 1. The van der Waals surface area contributed by atoms with Crippen molar-refractivity contribution in [3.05, 3.63) is 29.8 Å². The molecular weight excluding hydrogens is 298 g/mol. The second kappa shape index (κ2) is 7.19. The summed E-state index contributed by atoms with van der Waals surface area (Å²) in [5.41, 5.74) is 0.222. The summed E-state index contributed by atoms with van der Waals surface area (Å²) >= 11 is 0. The summed E-state index contributed by atoms with van der Waals surface area (Å²) in [5, 5.41) is 8.82. The van der Waals surface area contributed by atoms with Gasteiger partial charge in [-0.2, -0.15) is 0 Å². The fourth-order valence-electron chi connectivity index (χ4n) is 1.64. The van der Waals surface area contributed by atoms with Gasteiger partial charge in [0.25, 0.3) is 5.91 Å². The highest BCUT2D eigenvalue weighted by Gasteiger charge is 2.19. The SMILES string of the molecule is COCCN(CC(=O)O)C(=O)c1ccc(S(C)(=O)=O)cc1. The minimum Gasteiger partial charge on any atom is -0.480 e. The summed E-state index contributed by atoms with van der Waals surface area (Å²) in [5.74, 6) is -1.62. The molecule has 0 bridgehead atoms. The molecule has 0 aliphatic rings. The van der Waals surface area contributed by atoms with Crippen molar-refractivity contribution in [2.24, 2.45) is 0 Å². The van der Waals surface area contributed by atoms with Gasteiger partial charge in [0.15, 0.2) is 9.84 Å². The normalized spacial score (nSPS) is 11.1. The van der Waals surface area contributed by atoms with Crippen LogP contribution in [0.5, 0.6) is 0 Å². The van der Waals surface area contributed by atoms with E-state index in [1.807, 2.05) is 0 Å². The van der Waals surface area contributed by atoms with Crippen LogP contribution < -0.4 is 0 Å². The summed E-state index contributed by atoms with van der Waals surface area (Å²) in [6.07, 6.45) is 1.07. The zero-order valence-corrected chi connectivity index (χ0v) is 12.6. The molecule has 0 saturated carbocycles. The first-order valence-electron chi connectivity index (χ1n) is 6.06. The predicted octanol–water partition coefficient (Wildman–Crippen LogP) is 0.263. The van der Waals surface area contributed by atoms with Gasteiger partial charge in [0, 0.05) is 25.5 Å². The molecule has 1 rings (SSSR count). The molecule has 116 valence electrons. The molecule has 8 heteroatoms. The van der Waals surface area contributed by atoms with Gasteiger partial charge in [-0.05, 0) is 24.3 Å². The number of rotatable bonds is 7. The first-order chi connectivity index (χ1) is 9.75. The molecule has 0 saturated heterocycles. The molecule has 0 fully saturated rings. The molecule has 0 unspecified atom stereocenters. The molecule has 1 aromatic carbocycles. The molecule has 1 aromatic rings. The Kier molecular flexibility index (Phi) is 5.86. The van der Waals surface area contributed by atoms with Gasteiger partial charge in [-0.25, -0.2) is 8.42 Å². The van der Waals surface area contributed by atoms with Crippen LogP contribution in [-0.4, -0.2) is 63.4 Å². The summed E-state index contributed by atoms with van der Waals surface area (Å²) < 4.78 is 27.5. The van der Waals surface area contributed by atoms with E-state index in [2.05, 4.69) is 0 Å². The van der Waals surface area contributed by atoms with E-state index in [-0.39, 0.29) is 23.6 Å². The molecule has 0 aliphatic heterocycles. The van der Waals surface area contributed by atoms with Crippen LogP contribution >= 0.6 is 0 Å². The highest BCUT2D eigenvalue weighted by molar-refractivity contribution is 7.90. The molecule has 21 heavy (non-hydrogen) atoms. The Bertz CT molecular complexity index is 608. The second-order valence-corrected chi connectivity index (χ2v) is 6.43. The van der Waals surface area contributed by atoms with E-state index in [0.29, 0.717) is 0 Å². The van der Waals surface area contributed by atoms with Gasteiger partial charge >= 0.3 is 5.97 Å². The minimum atomic E-state index is -3.34. The van der Waals surface area contributed by atoms with Crippen molar-refractivity contribution in [3.63, 3.8) is 0 Å². The van der Waals surface area contributed by atoms with Crippen molar-refractivity contribution in [3.8, 4) is 0 Å². The molecule has 7 nitrogen and oxygen atoms in total. The number of carbonyl (C=O) groups is 2. The van der Waals surface area contributed by atoms with Crippen molar-refractivity contribution in [1.82, 2.24) is 4.90 Å². The third-order valence-corrected chi connectivity index (χ3v) is 3.84. The Morgan fingerprint density at radius 3 is 2.24 bits per heavy atom. The van der Waals surface area contributed by atoms with E-state index in [1.54, 1.807) is 0 Å². The van der Waals surface area contributed by atoms with E-state index in [9.17, 15) is 18.0 Å². The Labute approximate surface area is 123 Å². The van der Waals surface area contributed by atoms with E-state index in [1.165, 1.54) is 31.4 Å². The fourth-order valence-corrected chi connectivity index (χ4v) is 2.27. The lowest BCUT2D eigenvalue weighted by atomic mass is 10.2. The maximum atomic E-state index is 12.2. The van der Waals surface area contributed by atoms with Gasteiger partial charge in [-0.1, -0.05) is 0 Å². The number of benzene rings is 1. The summed E-state index contributed by atoms with van der Waals surface area (Å²) in [6.45, 7) is -0.105. The third kappa shape index (κ3) is 5.16. The van der Waals surface area contributed by atoms with Crippen molar-refractivity contribution >= 4 is 21.7 Å². The standard InChI is InChI=1S/C13H17NO6S/c1-20-8-7-14(9-12(15)16)13(17)10-3-5-11(6-4-10)21(2,18)19/h3-6H,7-9H2,1-2H3,(H,15,16). The highest BCUT2D eigenvalue weighted by atomic mass is 32.2. The van der Waals surface area contributed by atoms with Crippen molar-refractivity contribution in [2.45, 2.75) is 4.90 Å². The van der Waals surface area contributed by atoms with Gasteiger partial charge < -0.3 is 14.7 Å². The number of sulfone groups is 1. The van der Waals surface area contributed by atoms with Crippen LogP contribution in [0, 0.1) is 0 Å². The fraction of sp³-hybridized carbons (Fsp3) is 0.385. The number of carboxylic acid groups (broad SMARTS) is 1. The third-order valence-electron chi connectivity index (χ3n) is 2.71. The molecule has 0 heterocycles. The number of methoxy groups -OCH3 is 1. The lowest BCUT2D eigenvalue weighted by Gasteiger charge is -2.20. The number of carbonyl (C=O) groups excluding carboxylic acids is 1. The first kappa shape index (κ1) is 17.1. The molecule has 0 aliphatic carbocycles. The molecule has 1 N–H and O–H groups in total. The van der Waals surface area contributed by atoms with Gasteiger partial charge in [-0.3, -0.25) is 9.59 Å². The Hall–Kier alpha value is -1.93. The zero-order valence-electron chi connectivity index (χ0n) is 11.8. The molecule has 0 spiro atoms. The quantitative estimate of drug-likeness (QED) is 0.774. The van der Waals surface area contributed by atoms with Crippen molar-refractivity contribution in [2.75, 3.05) is 33.1 Å². The van der Waals surface area contributed by atoms with Crippen LogP contribution in [0.1, 0.15) is 10.4 Å². The number of hydrogen-bond donors (Lipinski definition) is 1. The van der Waals surface area contributed by atoms with E-state index >= 15 is 0 Å². The minimum absolute atomic E-state index is 0.0979. The number of aliphatic carboxylic acids is 1. The topological polar surface area (TPSA) is 101 Å². The molecule has 0 atom stereocenters. The van der Waals surface area contributed by atoms with Crippen LogP contribution in [0.3, 0.4) is 0 Å². The van der Waals surface area contributed by atoms with Crippen molar-refractivity contribution < 1.29 is 27.9 Å². The Morgan fingerprint density at radius 2 is 1.81 bits per heavy atom. The van der Waals surface area contributed by atoms with Gasteiger partial charge in [-0.15, -0.1) is 0 Å². The van der Waals surface area contributed by atoms with Crippen LogP contribution in [-0.2, 0) is 19.4 Å². The molecule has 0 radical (unpaired) electrons. The number of carboxylic acids is 1. The highest BCUT2D eigenvalue weighted by Crippen LogP contribution is 2.12. The average Bonchev–Trinajstić information content (AvgIpc) is 2.41. The van der Waals surface area contributed by atoms with Crippen LogP contribution in [0.15, 0.2) is 29.2 Å².